The van der Waals surface area contributed by atoms with E-state index in [1.165, 1.54) is 11.3 Å². The Bertz CT molecular complexity index is 737. The number of hydrogen-bond donors (Lipinski definition) is 1. The maximum atomic E-state index is 11.2. The van der Waals surface area contributed by atoms with Crippen LogP contribution in [0.5, 0.6) is 0 Å². The van der Waals surface area contributed by atoms with E-state index in [9.17, 15) is 4.79 Å². The zero-order valence-corrected chi connectivity index (χ0v) is 10.9. The molecule has 0 spiro atoms. The van der Waals surface area contributed by atoms with E-state index in [4.69, 9.17) is 5.73 Å². The first-order chi connectivity index (χ1) is 9.22. The molecule has 0 aliphatic rings. The Labute approximate surface area is 113 Å². The summed E-state index contributed by atoms with van der Waals surface area (Å²) in [4.78, 5) is 20.1. The van der Waals surface area contributed by atoms with E-state index in [0.29, 0.717) is 4.88 Å². The number of carbonyl (C=O) groups is 1. The van der Waals surface area contributed by atoms with E-state index in [1.807, 2.05) is 24.3 Å². The predicted molar refractivity (Wildman–Crippen MR) is 75.2 cm³/mol. The SMILES string of the molecule is NC(=O)c1cc2cc(Cc3ccncc3)ncc2s1. The summed E-state index contributed by atoms with van der Waals surface area (Å²) in [6, 6.07) is 7.75. The summed E-state index contributed by atoms with van der Waals surface area (Å²) in [5.74, 6) is -0.392. The van der Waals surface area contributed by atoms with Crippen LogP contribution >= 0.6 is 11.3 Å². The number of hydrogen-bond acceptors (Lipinski definition) is 4. The van der Waals surface area contributed by atoms with Crippen molar-refractivity contribution >= 4 is 27.3 Å². The van der Waals surface area contributed by atoms with Crippen LogP contribution in [0.3, 0.4) is 0 Å². The molecule has 0 bridgehead atoms. The minimum absolute atomic E-state index is 0.392. The standard InChI is InChI=1S/C14H11N3OS/c15-14(18)12-7-10-6-11(17-8-13(10)19-12)5-9-1-3-16-4-2-9/h1-4,6-8H,5H2,(H2,15,18). The van der Waals surface area contributed by atoms with Crippen LogP contribution in [0, 0.1) is 0 Å². The van der Waals surface area contributed by atoms with Gasteiger partial charge in [0.1, 0.15) is 0 Å². The molecule has 0 saturated heterocycles. The monoisotopic (exact) mass is 269 g/mol. The fourth-order valence-corrected chi connectivity index (χ4v) is 2.78. The number of pyridine rings is 2. The highest BCUT2D eigenvalue weighted by Gasteiger charge is 2.08. The summed E-state index contributed by atoms with van der Waals surface area (Å²) < 4.78 is 0.979. The number of nitrogens with two attached hydrogens (primary N) is 1. The maximum absolute atomic E-state index is 11.2. The molecule has 0 aliphatic carbocycles. The molecule has 2 N–H and O–H groups in total. The number of aromatic nitrogens is 2. The Kier molecular flexibility index (Phi) is 2.97. The van der Waals surface area contributed by atoms with Gasteiger partial charge >= 0.3 is 0 Å². The van der Waals surface area contributed by atoms with Gasteiger partial charge in [0.15, 0.2) is 0 Å². The number of primary amides is 1. The summed E-state index contributed by atoms with van der Waals surface area (Å²) in [6.45, 7) is 0. The van der Waals surface area contributed by atoms with Gasteiger partial charge in [-0.25, -0.2) is 0 Å². The molecule has 3 aromatic rings. The van der Waals surface area contributed by atoms with Crippen LogP contribution in [0.15, 0.2) is 42.9 Å². The average Bonchev–Trinajstić information content (AvgIpc) is 2.83. The van der Waals surface area contributed by atoms with E-state index < -0.39 is 5.91 Å². The molecule has 1 amide bonds. The Morgan fingerprint density at radius 1 is 1.26 bits per heavy atom. The maximum Gasteiger partial charge on any atom is 0.258 e. The van der Waals surface area contributed by atoms with Crippen LogP contribution in [0.1, 0.15) is 20.9 Å². The number of carbonyl (C=O) groups excluding carboxylic acids is 1. The summed E-state index contributed by atoms with van der Waals surface area (Å²) in [6.07, 6.45) is 6.08. The van der Waals surface area contributed by atoms with Crippen molar-refractivity contribution in [1.29, 1.82) is 0 Å². The van der Waals surface area contributed by atoms with Crippen LogP contribution in [0.2, 0.25) is 0 Å². The van der Waals surface area contributed by atoms with Gasteiger partial charge in [-0.15, -0.1) is 11.3 Å². The summed E-state index contributed by atoms with van der Waals surface area (Å²) in [7, 11) is 0. The van der Waals surface area contributed by atoms with Crippen LogP contribution < -0.4 is 5.73 Å². The topological polar surface area (TPSA) is 68.9 Å². The van der Waals surface area contributed by atoms with Crippen molar-refractivity contribution in [2.24, 2.45) is 5.73 Å². The Morgan fingerprint density at radius 2 is 2.05 bits per heavy atom. The first-order valence-corrected chi connectivity index (χ1v) is 6.61. The normalized spacial score (nSPS) is 10.7. The minimum Gasteiger partial charge on any atom is -0.365 e. The molecule has 94 valence electrons. The first kappa shape index (κ1) is 11.8. The Balaban J connectivity index is 1.95. The largest absolute Gasteiger partial charge is 0.365 e. The Morgan fingerprint density at radius 3 is 2.79 bits per heavy atom. The molecule has 0 aromatic carbocycles. The number of fused-ring (bicyclic) bond motifs is 1. The third kappa shape index (κ3) is 2.46. The molecule has 0 saturated carbocycles. The number of nitrogens with zero attached hydrogens (tertiary/aromatic N) is 2. The molecular weight excluding hydrogens is 258 g/mol. The molecule has 0 aliphatic heterocycles. The third-order valence-corrected chi connectivity index (χ3v) is 3.94. The van der Waals surface area contributed by atoms with E-state index in [1.54, 1.807) is 18.6 Å². The van der Waals surface area contributed by atoms with Gasteiger partial charge < -0.3 is 5.73 Å². The van der Waals surface area contributed by atoms with Crippen LogP contribution in [0.25, 0.3) is 10.1 Å². The highest BCUT2D eigenvalue weighted by Crippen LogP contribution is 2.25. The van der Waals surface area contributed by atoms with Gasteiger partial charge in [-0.2, -0.15) is 0 Å². The quantitative estimate of drug-likeness (QED) is 0.793. The smallest absolute Gasteiger partial charge is 0.258 e. The molecule has 19 heavy (non-hydrogen) atoms. The molecular formula is C14H11N3OS. The summed E-state index contributed by atoms with van der Waals surface area (Å²) >= 11 is 1.37. The Hall–Kier alpha value is -2.27. The van der Waals surface area contributed by atoms with Crippen molar-refractivity contribution < 1.29 is 4.79 Å². The fraction of sp³-hybridized carbons (Fsp3) is 0.0714. The molecule has 0 radical (unpaired) electrons. The molecule has 3 rings (SSSR count). The van der Waals surface area contributed by atoms with Crippen molar-refractivity contribution in [2.45, 2.75) is 6.42 Å². The lowest BCUT2D eigenvalue weighted by Crippen LogP contribution is -2.07. The van der Waals surface area contributed by atoms with Gasteiger partial charge in [-0.1, -0.05) is 0 Å². The van der Waals surface area contributed by atoms with Crippen molar-refractivity contribution in [3.63, 3.8) is 0 Å². The van der Waals surface area contributed by atoms with Crippen molar-refractivity contribution in [3.05, 3.63) is 59.0 Å². The van der Waals surface area contributed by atoms with Gasteiger partial charge in [0.25, 0.3) is 5.91 Å². The number of rotatable bonds is 3. The summed E-state index contributed by atoms with van der Waals surface area (Å²) in [5, 5.41) is 1.01. The van der Waals surface area contributed by atoms with Crippen LogP contribution in [-0.4, -0.2) is 15.9 Å². The van der Waals surface area contributed by atoms with Crippen molar-refractivity contribution in [1.82, 2.24) is 9.97 Å². The summed E-state index contributed by atoms with van der Waals surface area (Å²) in [5.41, 5.74) is 7.41. The highest BCUT2D eigenvalue weighted by atomic mass is 32.1. The second-order valence-electron chi connectivity index (χ2n) is 4.22. The zero-order chi connectivity index (χ0) is 13.2. The lowest BCUT2D eigenvalue weighted by Gasteiger charge is -2.00. The third-order valence-electron chi connectivity index (χ3n) is 2.84. The first-order valence-electron chi connectivity index (χ1n) is 5.79. The highest BCUT2D eigenvalue weighted by molar-refractivity contribution is 7.20. The molecule has 0 unspecified atom stereocenters. The van der Waals surface area contributed by atoms with Crippen LogP contribution in [-0.2, 0) is 6.42 Å². The molecule has 3 heterocycles. The second kappa shape index (κ2) is 4.78. The van der Waals surface area contributed by atoms with Gasteiger partial charge in [-0.3, -0.25) is 14.8 Å². The lowest BCUT2D eigenvalue weighted by atomic mass is 10.1. The van der Waals surface area contributed by atoms with E-state index in [-0.39, 0.29) is 0 Å². The molecule has 3 aromatic heterocycles. The van der Waals surface area contributed by atoms with Gasteiger partial charge in [0.2, 0.25) is 0 Å². The average molecular weight is 269 g/mol. The molecule has 5 heteroatoms. The predicted octanol–water partition coefficient (Wildman–Crippen LogP) is 2.38. The minimum atomic E-state index is -0.392. The van der Waals surface area contributed by atoms with E-state index >= 15 is 0 Å². The van der Waals surface area contributed by atoms with E-state index in [2.05, 4.69) is 9.97 Å². The van der Waals surface area contributed by atoms with Crippen LogP contribution in [0.4, 0.5) is 0 Å². The zero-order valence-electron chi connectivity index (χ0n) is 10.0. The molecule has 4 nitrogen and oxygen atoms in total. The lowest BCUT2D eigenvalue weighted by molar-refractivity contribution is 0.100. The van der Waals surface area contributed by atoms with Gasteiger partial charge in [0.05, 0.1) is 9.58 Å². The van der Waals surface area contributed by atoms with Gasteiger partial charge in [-0.05, 0) is 35.2 Å². The van der Waals surface area contributed by atoms with Crippen molar-refractivity contribution in [3.8, 4) is 0 Å². The fourth-order valence-electron chi connectivity index (χ4n) is 1.92. The van der Waals surface area contributed by atoms with Gasteiger partial charge in [0, 0.05) is 30.7 Å². The molecule has 0 fully saturated rings. The second-order valence-corrected chi connectivity index (χ2v) is 5.30. The molecule has 0 atom stereocenters. The van der Waals surface area contributed by atoms with Crippen molar-refractivity contribution in [2.75, 3.05) is 0 Å². The van der Waals surface area contributed by atoms with E-state index in [0.717, 1.165) is 27.8 Å². The number of amides is 1. The number of thiophene rings is 1.